The number of imidazole rings is 1. The molecule has 0 aromatic carbocycles. The van der Waals surface area contributed by atoms with E-state index in [0.717, 1.165) is 26.3 Å². The highest BCUT2D eigenvalue weighted by Gasteiger charge is 2.28. The lowest BCUT2D eigenvalue weighted by molar-refractivity contribution is -0.00924. The molecule has 118 valence electrons. The van der Waals surface area contributed by atoms with Crippen LogP contribution in [0.1, 0.15) is 24.3 Å². The average molecular weight is 295 g/mol. The van der Waals surface area contributed by atoms with Crippen LogP contribution in [0.2, 0.25) is 0 Å². The number of carbonyl (C=O) groups excluding carboxylic acids is 1. The van der Waals surface area contributed by atoms with Crippen molar-refractivity contribution in [3.63, 3.8) is 0 Å². The molecule has 0 unspecified atom stereocenters. The van der Waals surface area contributed by atoms with Crippen molar-refractivity contribution in [3.8, 4) is 0 Å². The number of amides is 1. The third kappa shape index (κ3) is 4.26. The van der Waals surface area contributed by atoms with Gasteiger partial charge in [0.1, 0.15) is 5.69 Å². The van der Waals surface area contributed by atoms with Gasteiger partial charge in [0, 0.05) is 44.5 Å². The summed E-state index contributed by atoms with van der Waals surface area (Å²) in [5.74, 6) is -0.146. The fourth-order valence-electron chi connectivity index (χ4n) is 2.42. The first-order valence-corrected chi connectivity index (χ1v) is 7.36. The van der Waals surface area contributed by atoms with E-state index in [2.05, 4.69) is 29.0 Å². The van der Waals surface area contributed by atoms with Gasteiger partial charge in [-0.3, -0.25) is 9.69 Å². The van der Waals surface area contributed by atoms with Gasteiger partial charge >= 0.3 is 0 Å². The van der Waals surface area contributed by atoms with Crippen LogP contribution in [0.4, 0.5) is 0 Å². The molecule has 21 heavy (non-hydrogen) atoms. The maximum atomic E-state index is 12.1. The molecule has 1 saturated heterocycles. The Morgan fingerprint density at radius 1 is 1.48 bits per heavy atom. The van der Waals surface area contributed by atoms with Gasteiger partial charge in [-0.25, -0.2) is 4.98 Å². The number of aromatic nitrogens is 2. The monoisotopic (exact) mass is 295 g/mol. The number of carbonyl (C=O) groups is 1. The third-order valence-corrected chi connectivity index (χ3v) is 3.80. The molecule has 2 heterocycles. The first-order chi connectivity index (χ1) is 10.0. The average Bonchev–Trinajstić information content (AvgIpc) is 2.95. The van der Waals surface area contributed by atoms with Crippen molar-refractivity contribution in [1.82, 2.24) is 19.8 Å². The zero-order valence-electron chi connectivity index (χ0n) is 12.8. The summed E-state index contributed by atoms with van der Waals surface area (Å²) in [7, 11) is 0. The van der Waals surface area contributed by atoms with Gasteiger partial charge < -0.3 is 20.4 Å². The Hall–Kier alpha value is -1.44. The highest BCUT2D eigenvalue weighted by molar-refractivity contribution is 5.92. The summed E-state index contributed by atoms with van der Waals surface area (Å²) in [6.07, 6.45) is 3.36. The van der Waals surface area contributed by atoms with Crippen LogP contribution in [0.5, 0.6) is 0 Å². The van der Waals surface area contributed by atoms with E-state index < -0.39 is 0 Å². The van der Waals surface area contributed by atoms with Crippen LogP contribution in [0, 0.1) is 0 Å². The molecule has 0 bridgehead atoms. The van der Waals surface area contributed by atoms with Gasteiger partial charge in [0.25, 0.3) is 5.91 Å². The van der Waals surface area contributed by atoms with Crippen LogP contribution in [0.3, 0.4) is 0 Å². The highest BCUT2D eigenvalue weighted by atomic mass is 16.5. The summed E-state index contributed by atoms with van der Waals surface area (Å²) in [5.41, 5.74) is 5.81. The van der Waals surface area contributed by atoms with E-state index in [1.807, 2.05) is 4.57 Å². The van der Waals surface area contributed by atoms with E-state index >= 15 is 0 Å². The van der Waals surface area contributed by atoms with Gasteiger partial charge in [-0.2, -0.15) is 0 Å². The fraction of sp³-hybridized carbons (Fsp3) is 0.714. The van der Waals surface area contributed by atoms with Crippen molar-refractivity contribution in [2.75, 3.05) is 39.4 Å². The number of nitrogens with two attached hydrogens (primary N) is 1. The number of hydrogen-bond donors (Lipinski definition) is 2. The summed E-state index contributed by atoms with van der Waals surface area (Å²) >= 11 is 0. The first kappa shape index (κ1) is 15.9. The molecule has 2 rings (SSSR count). The standard InChI is InChI=1S/C14H25N5O2/c1-14(2,19-5-7-21-8-6-19)10-16-13(20)12-9-18(4-3-15)11-17-12/h9,11H,3-8,10,15H2,1-2H3,(H,16,20). The molecule has 0 atom stereocenters. The second-order valence-corrected chi connectivity index (χ2v) is 5.88. The molecule has 0 aliphatic carbocycles. The number of ether oxygens (including phenoxy) is 1. The summed E-state index contributed by atoms with van der Waals surface area (Å²) < 4.78 is 7.18. The lowest BCUT2D eigenvalue weighted by atomic mass is 10.0. The van der Waals surface area contributed by atoms with Gasteiger partial charge in [0.2, 0.25) is 0 Å². The molecule has 1 amide bonds. The highest BCUT2D eigenvalue weighted by Crippen LogP contribution is 2.15. The van der Waals surface area contributed by atoms with Gasteiger partial charge in [-0.15, -0.1) is 0 Å². The van der Waals surface area contributed by atoms with E-state index in [9.17, 15) is 4.79 Å². The van der Waals surface area contributed by atoms with Gasteiger partial charge in [-0.1, -0.05) is 0 Å². The van der Waals surface area contributed by atoms with Crippen molar-refractivity contribution >= 4 is 5.91 Å². The molecule has 7 heteroatoms. The molecule has 1 aliphatic heterocycles. The molecule has 1 aromatic rings. The molecule has 0 radical (unpaired) electrons. The number of nitrogens with zero attached hydrogens (tertiary/aromatic N) is 3. The summed E-state index contributed by atoms with van der Waals surface area (Å²) in [5, 5.41) is 2.96. The van der Waals surface area contributed by atoms with Crippen LogP contribution in [0.15, 0.2) is 12.5 Å². The van der Waals surface area contributed by atoms with E-state index in [1.165, 1.54) is 0 Å². The largest absolute Gasteiger partial charge is 0.379 e. The van der Waals surface area contributed by atoms with Gasteiger partial charge in [0.05, 0.1) is 19.5 Å². The Morgan fingerprint density at radius 3 is 2.86 bits per heavy atom. The molecular weight excluding hydrogens is 270 g/mol. The van der Waals surface area contributed by atoms with Gasteiger partial charge in [0.15, 0.2) is 0 Å². The minimum absolute atomic E-state index is 0.0980. The van der Waals surface area contributed by atoms with Crippen LogP contribution < -0.4 is 11.1 Å². The number of rotatable bonds is 6. The number of nitrogens with one attached hydrogen (secondary N) is 1. The quantitative estimate of drug-likeness (QED) is 0.751. The lowest BCUT2D eigenvalue weighted by Gasteiger charge is -2.40. The Balaban J connectivity index is 1.86. The maximum Gasteiger partial charge on any atom is 0.271 e. The van der Waals surface area contributed by atoms with Crippen molar-refractivity contribution in [2.45, 2.75) is 25.9 Å². The zero-order chi connectivity index (χ0) is 15.3. The maximum absolute atomic E-state index is 12.1. The van der Waals surface area contributed by atoms with Crippen molar-refractivity contribution in [3.05, 3.63) is 18.2 Å². The van der Waals surface area contributed by atoms with E-state index in [-0.39, 0.29) is 11.4 Å². The molecule has 1 aliphatic rings. The molecular formula is C14H25N5O2. The molecule has 0 saturated carbocycles. The smallest absolute Gasteiger partial charge is 0.271 e. The van der Waals surface area contributed by atoms with E-state index in [1.54, 1.807) is 12.5 Å². The third-order valence-electron chi connectivity index (χ3n) is 3.80. The Bertz CT molecular complexity index is 466. The minimum Gasteiger partial charge on any atom is -0.379 e. The summed E-state index contributed by atoms with van der Waals surface area (Å²) in [6.45, 7) is 9.33. The molecule has 1 fully saturated rings. The Kier molecular flexibility index (Phi) is 5.33. The SMILES string of the molecule is CC(C)(CNC(=O)c1cn(CCN)cn1)N1CCOCC1. The summed E-state index contributed by atoms with van der Waals surface area (Å²) in [6, 6.07) is 0. The Morgan fingerprint density at radius 2 is 2.19 bits per heavy atom. The lowest BCUT2D eigenvalue weighted by Crippen LogP contribution is -2.55. The topological polar surface area (TPSA) is 85.4 Å². The van der Waals surface area contributed by atoms with Crippen LogP contribution >= 0.6 is 0 Å². The minimum atomic E-state index is -0.146. The van der Waals surface area contributed by atoms with Crippen molar-refractivity contribution in [1.29, 1.82) is 0 Å². The van der Waals surface area contributed by atoms with Gasteiger partial charge in [-0.05, 0) is 13.8 Å². The van der Waals surface area contributed by atoms with E-state index in [4.69, 9.17) is 10.5 Å². The fourth-order valence-corrected chi connectivity index (χ4v) is 2.42. The zero-order valence-corrected chi connectivity index (χ0v) is 12.8. The summed E-state index contributed by atoms with van der Waals surface area (Å²) in [4.78, 5) is 18.6. The Labute approximate surface area is 125 Å². The second kappa shape index (κ2) is 7.02. The van der Waals surface area contributed by atoms with Crippen molar-refractivity contribution < 1.29 is 9.53 Å². The predicted molar refractivity (Wildman–Crippen MR) is 80.1 cm³/mol. The van der Waals surface area contributed by atoms with Crippen LogP contribution in [0.25, 0.3) is 0 Å². The molecule has 1 aromatic heterocycles. The molecule has 7 nitrogen and oxygen atoms in total. The second-order valence-electron chi connectivity index (χ2n) is 5.88. The number of morpholine rings is 1. The van der Waals surface area contributed by atoms with Crippen LogP contribution in [-0.2, 0) is 11.3 Å². The van der Waals surface area contributed by atoms with E-state index in [0.29, 0.717) is 25.3 Å². The number of hydrogen-bond acceptors (Lipinski definition) is 5. The normalized spacial score (nSPS) is 16.9. The van der Waals surface area contributed by atoms with Crippen molar-refractivity contribution in [2.24, 2.45) is 5.73 Å². The van der Waals surface area contributed by atoms with Crippen LogP contribution in [-0.4, -0.2) is 65.3 Å². The molecule has 0 spiro atoms. The first-order valence-electron chi connectivity index (χ1n) is 7.36. The molecule has 3 N–H and O–H groups in total. The predicted octanol–water partition coefficient (Wildman–Crippen LogP) is -0.318.